The summed E-state index contributed by atoms with van der Waals surface area (Å²) >= 11 is 0. The van der Waals surface area contributed by atoms with Gasteiger partial charge in [-0.3, -0.25) is 9.59 Å². The molecule has 24 heavy (non-hydrogen) atoms. The summed E-state index contributed by atoms with van der Waals surface area (Å²) in [6, 6.07) is 9.05. The number of hydrogen-bond donors (Lipinski definition) is 0. The fraction of sp³-hybridized carbons (Fsp3) is 0.421. The minimum absolute atomic E-state index is 0.0334. The van der Waals surface area contributed by atoms with Crippen molar-refractivity contribution in [3.63, 3.8) is 0 Å². The van der Waals surface area contributed by atoms with E-state index < -0.39 is 0 Å². The number of carbonyl (C=O) groups excluding carboxylic acids is 1. The van der Waals surface area contributed by atoms with Gasteiger partial charge in [0.2, 0.25) is 11.3 Å². The Balaban J connectivity index is 1.95. The largest absolute Gasteiger partial charge is 0.341 e. The Bertz CT molecular complexity index is 868. The van der Waals surface area contributed by atoms with E-state index in [0.29, 0.717) is 22.7 Å². The van der Waals surface area contributed by atoms with E-state index in [1.807, 2.05) is 23.1 Å². The number of nitriles is 1. The normalized spacial score (nSPS) is 20.8. The average Bonchev–Trinajstić information content (AvgIpc) is 2.56. The molecule has 1 aromatic carbocycles. The highest BCUT2D eigenvalue weighted by molar-refractivity contribution is 5.83. The van der Waals surface area contributed by atoms with E-state index in [1.165, 1.54) is 6.20 Å². The summed E-state index contributed by atoms with van der Waals surface area (Å²) in [5.74, 6) is 1.03. The second-order valence-electron chi connectivity index (χ2n) is 6.87. The van der Waals surface area contributed by atoms with Crippen molar-refractivity contribution in [1.82, 2.24) is 9.47 Å². The van der Waals surface area contributed by atoms with Crippen molar-refractivity contribution in [2.45, 2.75) is 26.8 Å². The van der Waals surface area contributed by atoms with Crippen LogP contribution in [-0.2, 0) is 11.3 Å². The van der Waals surface area contributed by atoms with Crippen LogP contribution in [-0.4, -0.2) is 28.5 Å². The van der Waals surface area contributed by atoms with Crippen LogP contribution >= 0.6 is 0 Å². The molecule has 1 saturated heterocycles. The number of fused-ring (bicyclic) bond motifs is 1. The fourth-order valence-corrected chi connectivity index (χ4v) is 3.67. The van der Waals surface area contributed by atoms with E-state index >= 15 is 0 Å². The molecule has 0 radical (unpaired) electrons. The molecule has 2 aromatic rings. The summed E-state index contributed by atoms with van der Waals surface area (Å²) in [6.07, 6.45) is 2.64. The zero-order valence-electron chi connectivity index (χ0n) is 14.0. The summed E-state index contributed by atoms with van der Waals surface area (Å²) < 4.78 is 1.72. The molecule has 0 saturated carbocycles. The van der Waals surface area contributed by atoms with Crippen LogP contribution in [0.4, 0.5) is 0 Å². The van der Waals surface area contributed by atoms with Crippen LogP contribution in [0.25, 0.3) is 10.9 Å². The van der Waals surface area contributed by atoms with Gasteiger partial charge in [0, 0.05) is 24.7 Å². The van der Waals surface area contributed by atoms with E-state index in [-0.39, 0.29) is 23.4 Å². The van der Waals surface area contributed by atoms with E-state index in [9.17, 15) is 14.9 Å². The molecule has 0 bridgehead atoms. The van der Waals surface area contributed by atoms with Gasteiger partial charge in [-0.05, 0) is 30.4 Å². The molecule has 1 aliphatic rings. The molecule has 5 heteroatoms. The molecule has 1 fully saturated rings. The smallest absolute Gasteiger partial charge is 0.242 e. The Labute approximate surface area is 141 Å². The van der Waals surface area contributed by atoms with Crippen LogP contribution < -0.4 is 5.43 Å². The lowest BCUT2D eigenvalue weighted by Crippen LogP contribution is -2.44. The molecule has 1 aliphatic heterocycles. The number of rotatable bonds is 2. The number of benzene rings is 1. The molecule has 1 amide bonds. The molecule has 0 unspecified atom stereocenters. The van der Waals surface area contributed by atoms with E-state index in [1.54, 1.807) is 16.7 Å². The van der Waals surface area contributed by atoms with Crippen LogP contribution in [0.3, 0.4) is 0 Å². The van der Waals surface area contributed by atoms with Gasteiger partial charge >= 0.3 is 0 Å². The predicted molar refractivity (Wildman–Crippen MR) is 92.4 cm³/mol. The highest BCUT2D eigenvalue weighted by Gasteiger charge is 2.25. The van der Waals surface area contributed by atoms with Crippen LogP contribution in [0.1, 0.15) is 25.8 Å². The molecule has 5 nitrogen and oxygen atoms in total. The van der Waals surface area contributed by atoms with Gasteiger partial charge in [-0.1, -0.05) is 26.0 Å². The number of piperidine rings is 1. The minimum Gasteiger partial charge on any atom is -0.341 e. The van der Waals surface area contributed by atoms with Crippen molar-refractivity contribution < 1.29 is 4.79 Å². The van der Waals surface area contributed by atoms with Gasteiger partial charge in [0.05, 0.1) is 5.52 Å². The Kier molecular flexibility index (Phi) is 4.39. The number of hydrogen-bond acceptors (Lipinski definition) is 3. The number of nitrogens with zero attached hydrogens (tertiary/aromatic N) is 3. The molecule has 0 aliphatic carbocycles. The van der Waals surface area contributed by atoms with Crippen LogP contribution in [0.2, 0.25) is 0 Å². The predicted octanol–water partition coefficient (Wildman–Crippen LogP) is 2.38. The maximum atomic E-state index is 12.7. The van der Waals surface area contributed by atoms with E-state index in [0.717, 1.165) is 19.5 Å². The van der Waals surface area contributed by atoms with Gasteiger partial charge < -0.3 is 9.47 Å². The monoisotopic (exact) mass is 323 g/mol. The lowest BCUT2D eigenvalue weighted by Gasteiger charge is -2.35. The maximum absolute atomic E-state index is 12.7. The first kappa shape index (κ1) is 16.3. The molecule has 3 rings (SSSR count). The second kappa shape index (κ2) is 6.48. The minimum atomic E-state index is -0.281. The molecular formula is C19H21N3O2. The van der Waals surface area contributed by atoms with Gasteiger partial charge in [0.1, 0.15) is 18.2 Å². The van der Waals surface area contributed by atoms with Crippen molar-refractivity contribution in [2.24, 2.45) is 11.8 Å². The Hall–Kier alpha value is -2.61. The van der Waals surface area contributed by atoms with Crippen molar-refractivity contribution in [2.75, 3.05) is 13.1 Å². The summed E-state index contributed by atoms with van der Waals surface area (Å²) in [4.78, 5) is 26.9. The number of pyridine rings is 1. The Morgan fingerprint density at radius 3 is 2.58 bits per heavy atom. The first-order valence-corrected chi connectivity index (χ1v) is 8.29. The van der Waals surface area contributed by atoms with Gasteiger partial charge in [0.25, 0.3) is 0 Å². The third kappa shape index (κ3) is 3.05. The molecule has 1 aromatic heterocycles. The SMILES string of the molecule is C[C@@H]1C[C@H](C)CN(C(=O)Cn2cc(C#N)c(=O)c3ccccc32)C1. The van der Waals surface area contributed by atoms with Crippen molar-refractivity contribution in [3.05, 3.63) is 46.2 Å². The van der Waals surface area contributed by atoms with Crippen LogP contribution in [0.5, 0.6) is 0 Å². The quantitative estimate of drug-likeness (QED) is 0.852. The topological polar surface area (TPSA) is 66.1 Å². The van der Waals surface area contributed by atoms with E-state index in [4.69, 9.17) is 0 Å². The average molecular weight is 323 g/mol. The van der Waals surface area contributed by atoms with Gasteiger partial charge in [-0.15, -0.1) is 0 Å². The van der Waals surface area contributed by atoms with Crippen LogP contribution in [0.15, 0.2) is 35.3 Å². The molecule has 124 valence electrons. The van der Waals surface area contributed by atoms with Crippen molar-refractivity contribution in [1.29, 1.82) is 5.26 Å². The zero-order chi connectivity index (χ0) is 17.3. The number of para-hydroxylation sites is 1. The van der Waals surface area contributed by atoms with Crippen LogP contribution in [0, 0.1) is 23.2 Å². The molecule has 0 N–H and O–H groups in total. The highest BCUT2D eigenvalue weighted by Crippen LogP contribution is 2.21. The van der Waals surface area contributed by atoms with E-state index in [2.05, 4.69) is 13.8 Å². The van der Waals surface area contributed by atoms with Gasteiger partial charge in [0.15, 0.2) is 0 Å². The van der Waals surface area contributed by atoms with Crippen molar-refractivity contribution >= 4 is 16.8 Å². The second-order valence-corrected chi connectivity index (χ2v) is 6.87. The van der Waals surface area contributed by atoms with Crippen molar-refractivity contribution in [3.8, 4) is 6.07 Å². The lowest BCUT2D eigenvalue weighted by molar-refractivity contribution is -0.134. The number of amides is 1. The summed E-state index contributed by atoms with van der Waals surface area (Å²) in [7, 11) is 0. The highest BCUT2D eigenvalue weighted by atomic mass is 16.2. The lowest BCUT2D eigenvalue weighted by atomic mass is 9.92. The van der Waals surface area contributed by atoms with Gasteiger partial charge in [-0.25, -0.2) is 0 Å². The molecule has 0 spiro atoms. The zero-order valence-corrected chi connectivity index (χ0v) is 14.0. The summed E-state index contributed by atoms with van der Waals surface area (Å²) in [6.45, 7) is 6.02. The summed E-state index contributed by atoms with van der Waals surface area (Å²) in [5.41, 5.74) is 0.479. The number of likely N-dealkylation sites (tertiary alicyclic amines) is 1. The Morgan fingerprint density at radius 2 is 1.92 bits per heavy atom. The maximum Gasteiger partial charge on any atom is 0.242 e. The molecular weight excluding hydrogens is 302 g/mol. The fourth-order valence-electron chi connectivity index (χ4n) is 3.67. The Morgan fingerprint density at radius 1 is 1.25 bits per heavy atom. The van der Waals surface area contributed by atoms with Gasteiger partial charge in [-0.2, -0.15) is 5.26 Å². The third-order valence-electron chi connectivity index (χ3n) is 4.64. The summed E-state index contributed by atoms with van der Waals surface area (Å²) in [5, 5.41) is 9.67. The molecule has 2 atom stereocenters. The number of aromatic nitrogens is 1. The third-order valence-corrected chi connectivity index (χ3v) is 4.64. The molecule has 2 heterocycles. The first-order valence-electron chi connectivity index (χ1n) is 8.29. The first-order chi connectivity index (χ1) is 11.5. The number of carbonyl (C=O) groups is 1. The standard InChI is InChI=1S/C19H21N3O2/c1-13-7-14(2)10-22(9-13)18(23)12-21-11-15(8-20)19(24)16-5-3-4-6-17(16)21/h3-6,11,13-14H,7,9-10,12H2,1-2H3/t13-,14+.